The lowest BCUT2D eigenvalue weighted by Gasteiger charge is -2.31. The SMILES string of the molecule is CNc1cccc(C2CCN(C(C)=O)CC2)n1. The molecule has 1 aromatic heterocycles. The second kappa shape index (κ2) is 5.17. The van der Waals surface area contributed by atoms with Gasteiger partial charge in [0.2, 0.25) is 5.91 Å². The molecular formula is C13H19N3O. The van der Waals surface area contributed by atoms with Crippen LogP contribution in [0.2, 0.25) is 0 Å². The first-order valence-corrected chi connectivity index (χ1v) is 6.11. The third-order valence-electron chi connectivity index (χ3n) is 3.39. The third-order valence-corrected chi connectivity index (χ3v) is 3.39. The molecule has 17 heavy (non-hydrogen) atoms. The Bertz CT molecular complexity index is 397. The van der Waals surface area contributed by atoms with Gasteiger partial charge < -0.3 is 10.2 Å². The zero-order valence-corrected chi connectivity index (χ0v) is 10.4. The number of carbonyl (C=O) groups is 1. The van der Waals surface area contributed by atoms with Crippen molar-refractivity contribution in [3.63, 3.8) is 0 Å². The molecule has 0 aromatic carbocycles. The molecule has 1 fully saturated rings. The summed E-state index contributed by atoms with van der Waals surface area (Å²) < 4.78 is 0. The number of pyridine rings is 1. The second-order valence-electron chi connectivity index (χ2n) is 4.48. The van der Waals surface area contributed by atoms with E-state index in [0.717, 1.165) is 37.4 Å². The standard InChI is InChI=1S/C13H19N3O/c1-10(17)16-8-6-11(7-9-16)12-4-3-5-13(14-2)15-12/h3-5,11H,6-9H2,1-2H3,(H,14,15). The summed E-state index contributed by atoms with van der Waals surface area (Å²) in [6.45, 7) is 3.34. The number of rotatable bonds is 2. The zero-order valence-electron chi connectivity index (χ0n) is 10.4. The summed E-state index contributed by atoms with van der Waals surface area (Å²) in [6, 6.07) is 6.08. The maximum absolute atomic E-state index is 11.2. The summed E-state index contributed by atoms with van der Waals surface area (Å²) >= 11 is 0. The quantitative estimate of drug-likeness (QED) is 0.848. The van der Waals surface area contributed by atoms with Crippen LogP contribution < -0.4 is 5.32 Å². The largest absolute Gasteiger partial charge is 0.373 e. The maximum Gasteiger partial charge on any atom is 0.219 e. The molecule has 1 aromatic rings. The van der Waals surface area contributed by atoms with E-state index in [9.17, 15) is 4.79 Å². The molecule has 4 heteroatoms. The fraction of sp³-hybridized carbons (Fsp3) is 0.538. The fourth-order valence-corrected chi connectivity index (χ4v) is 2.31. The first-order valence-electron chi connectivity index (χ1n) is 6.11. The van der Waals surface area contributed by atoms with Gasteiger partial charge in [-0.3, -0.25) is 4.79 Å². The van der Waals surface area contributed by atoms with E-state index in [1.165, 1.54) is 0 Å². The van der Waals surface area contributed by atoms with Crippen molar-refractivity contribution in [2.24, 2.45) is 0 Å². The molecule has 0 unspecified atom stereocenters. The van der Waals surface area contributed by atoms with Gasteiger partial charge in [-0.15, -0.1) is 0 Å². The Labute approximate surface area is 102 Å². The predicted octanol–water partition coefficient (Wildman–Crippen LogP) is 1.85. The van der Waals surface area contributed by atoms with Crippen LogP contribution in [0.15, 0.2) is 18.2 Å². The molecule has 1 amide bonds. The number of nitrogens with zero attached hydrogens (tertiary/aromatic N) is 2. The molecule has 0 bridgehead atoms. The Balaban J connectivity index is 2.02. The Kier molecular flexibility index (Phi) is 3.61. The van der Waals surface area contributed by atoms with Gasteiger partial charge in [-0.05, 0) is 25.0 Å². The number of amides is 1. The summed E-state index contributed by atoms with van der Waals surface area (Å²) in [5.74, 6) is 1.58. The van der Waals surface area contributed by atoms with Crippen LogP contribution in [-0.2, 0) is 4.79 Å². The van der Waals surface area contributed by atoms with E-state index in [1.807, 2.05) is 24.1 Å². The van der Waals surface area contributed by atoms with Crippen molar-refractivity contribution in [3.8, 4) is 0 Å². The highest BCUT2D eigenvalue weighted by atomic mass is 16.2. The van der Waals surface area contributed by atoms with Crippen molar-refractivity contribution in [1.82, 2.24) is 9.88 Å². The molecule has 0 spiro atoms. The van der Waals surface area contributed by atoms with Gasteiger partial charge in [0.25, 0.3) is 0 Å². The van der Waals surface area contributed by atoms with Crippen LogP contribution in [0.4, 0.5) is 5.82 Å². The third kappa shape index (κ3) is 2.75. The minimum absolute atomic E-state index is 0.181. The van der Waals surface area contributed by atoms with E-state index in [4.69, 9.17) is 0 Å². The second-order valence-corrected chi connectivity index (χ2v) is 4.48. The number of piperidine rings is 1. The lowest BCUT2D eigenvalue weighted by molar-refractivity contribution is -0.129. The van der Waals surface area contributed by atoms with E-state index in [-0.39, 0.29) is 5.91 Å². The molecule has 1 saturated heterocycles. The number of hydrogen-bond donors (Lipinski definition) is 1. The normalized spacial score (nSPS) is 16.9. The van der Waals surface area contributed by atoms with Crippen molar-refractivity contribution in [1.29, 1.82) is 0 Å². The van der Waals surface area contributed by atoms with Gasteiger partial charge in [-0.25, -0.2) is 4.98 Å². The molecule has 1 aliphatic heterocycles. The lowest BCUT2D eigenvalue weighted by Crippen LogP contribution is -2.36. The van der Waals surface area contributed by atoms with Gasteiger partial charge in [-0.1, -0.05) is 6.07 Å². The molecule has 1 N–H and O–H groups in total. The van der Waals surface area contributed by atoms with Gasteiger partial charge in [0.05, 0.1) is 0 Å². The molecule has 1 aliphatic rings. The Morgan fingerprint density at radius 2 is 2.12 bits per heavy atom. The number of carbonyl (C=O) groups excluding carboxylic acids is 1. The molecule has 2 rings (SSSR count). The monoisotopic (exact) mass is 233 g/mol. The highest BCUT2D eigenvalue weighted by Gasteiger charge is 2.22. The predicted molar refractivity (Wildman–Crippen MR) is 68.0 cm³/mol. The summed E-state index contributed by atoms with van der Waals surface area (Å²) in [5, 5.41) is 3.06. The van der Waals surface area contributed by atoms with E-state index in [2.05, 4.69) is 16.4 Å². The van der Waals surface area contributed by atoms with Crippen molar-refractivity contribution >= 4 is 11.7 Å². The van der Waals surface area contributed by atoms with Gasteiger partial charge in [0.1, 0.15) is 5.82 Å². The first-order chi connectivity index (χ1) is 8.20. The summed E-state index contributed by atoms with van der Waals surface area (Å²) in [5.41, 5.74) is 1.14. The van der Waals surface area contributed by atoms with Gasteiger partial charge >= 0.3 is 0 Å². The van der Waals surface area contributed by atoms with Crippen molar-refractivity contribution in [2.45, 2.75) is 25.7 Å². The number of nitrogens with one attached hydrogen (secondary N) is 1. The summed E-state index contributed by atoms with van der Waals surface area (Å²) in [4.78, 5) is 17.7. The Hall–Kier alpha value is -1.58. The molecule has 0 saturated carbocycles. The fourth-order valence-electron chi connectivity index (χ4n) is 2.31. The summed E-state index contributed by atoms with van der Waals surface area (Å²) in [7, 11) is 1.88. The van der Waals surface area contributed by atoms with Crippen molar-refractivity contribution in [3.05, 3.63) is 23.9 Å². The molecule has 0 aliphatic carbocycles. The smallest absolute Gasteiger partial charge is 0.219 e. The van der Waals surface area contributed by atoms with Crippen molar-refractivity contribution in [2.75, 3.05) is 25.5 Å². The Morgan fingerprint density at radius 3 is 2.71 bits per heavy atom. The number of anilines is 1. The molecule has 4 nitrogen and oxygen atoms in total. The van der Waals surface area contributed by atoms with Gasteiger partial charge in [0, 0.05) is 38.7 Å². The van der Waals surface area contributed by atoms with Gasteiger partial charge in [-0.2, -0.15) is 0 Å². The highest BCUT2D eigenvalue weighted by molar-refractivity contribution is 5.73. The average Bonchev–Trinajstić information content (AvgIpc) is 2.39. The minimum atomic E-state index is 0.181. The highest BCUT2D eigenvalue weighted by Crippen LogP contribution is 2.27. The summed E-state index contributed by atoms with van der Waals surface area (Å²) in [6.07, 6.45) is 2.03. The van der Waals surface area contributed by atoms with Crippen LogP contribution in [0.1, 0.15) is 31.4 Å². The topological polar surface area (TPSA) is 45.2 Å². The first kappa shape index (κ1) is 11.9. The molecular weight excluding hydrogens is 214 g/mol. The van der Waals surface area contributed by atoms with E-state index in [0.29, 0.717) is 5.92 Å². The maximum atomic E-state index is 11.2. The molecule has 0 radical (unpaired) electrons. The van der Waals surface area contributed by atoms with E-state index in [1.54, 1.807) is 6.92 Å². The molecule has 2 heterocycles. The minimum Gasteiger partial charge on any atom is -0.373 e. The van der Waals surface area contributed by atoms with Crippen molar-refractivity contribution < 1.29 is 4.79 Å². The molecule has 0 atom stereocenters. The Morgan fingerprint density at radius 1 is 1.41 bits per heavy atom. The van der Waals surface area contributed by atoms with Gasteiger partial charge in [0.15, 0.2) is 0 Å². The van der Waals surface area contributed by atoms with Crippen LogP contribution in [0, 0.1) is 0 Å². The van der Waals surface area contributed by atoms with E-state index >= 15 is 0 Å². The number of likely N-dealkylation sites (tertiary alicyclic amines) is 1. The number of aromatic nitrogens is 1. The van der Waals surface area contributed by atoms with Crippen LogP contribution in [0.25, 0.3) is 0 Å². The van der Waals surface area contributed by atoms with Crippen LogP contribution in [0.3, 0.4) is 0 Å². The van der Waals surface area contributed by atoms with Crippen LogP contribution in [-0.4, -0.2) is 35.9 Å². The zero-order chi connectivity index (χ0) is 12.3. The van der Waals surface area contributed by atoms with Crippen LogP contribution in [0.5, 0.6) is 0 Å². The number of hydrogen-bond acceptors (Lipinski definition) is 3. The average molecular weight is 233 g/mol. The molecule has 92 valence electrons. The lowest BCUT2D eigenvalue weighted by atomic mass is 9.93. The van der Waals surface area contributed by atoms with Crippen LogP contribution >= 0.6 is 0 Å². The van der Waals surface area contributed by atoms with E-state index < -0.39 is 0 Å².